The number of hydrogen-bond donors (Lipinski definition) is 1. The number of nitrogens with zero attached hydrogens (tertiary/aromatic N) is 1. The summed E-state index contributed by atoms with van der Waals surface area (Å²) in [6, 6.07) is 8.23. The van der Waals surface area contributed by atoms with Gasteiger partial charge >= 0.3 is 0 Å². The molecule has 1 aromatic rings. The fourth-order valence-corrected chi connectivity index (χ4v) is 3.04. The fraction of sp³-hybridized carbons (Fsp3) is 0.500. The van der Waals surface area contributed by atoms with Gasteiger partial charge in [-0.25, -0.2) is 0 Å². The van der Waals surface area contributed by atoms with Crippen molar-refractivity contribution in [2.24, 2.45) is 0 Å². The van der Waals surface area contributed by atoms with Crippen molar-refractivity contribution in [3.63, 3.8) is 0 Å². The third kappa shape index (κ3) is 2.44. The Hall–Kier alpha value is -1.28. The van der Waals surface area contributed by atoms with Crippen LogP contribution in [0.15, 0.2) is 29.8 Å². The molecule has 96 valence electrons. The highest BCUT2D eigenvalue weighted by molar-refractivity contribution is 5.55. The number of hydrogen-bond acceptors (Lipinski definition) is 2. The number of likely N-dealkylation sites (tertiary alicyclic amines) is 1. The first kappa shape index (κ1) is 11.8. The highest BCUT2D eigenvalue weighted by Gasteiger charge is 2.28. The monoisotopic (exact) mass is 243 g/mol. The molecular formula is C16H21NO. The molecule has 0 bridgehead atoms. The molecule has 0 unspecified atom stereocenters. The molecule has 1 aliphatic heterocycles. The van der Waals surface area contributed by atoms with Crippen LogP contribution in [0.3, 0.4) is 0 Å². The molecular weight excluding hydrogens is 222 g/mol. The minimum absolute atomic E-state index is 0.347. The van der Waals surface area contributed by atoms with Gasteiger partial charge in [-0.15, -0.1) is 0 Å². The van der Waals surface area contributed by atoms with E-state index in [4.69, 9.17) is 0 Å². The van der Waals surface area contributed by atoms with Gasteiger partial charge in [-0.2, -0.15) is 0 Å². The summed E-state index contributed by atoms with van der Waals surface area (Å²) in [6.07, 6.45) is 8.96. The zero-order chi connectivity index (χ0) is 12.4. The van der Waals surface area contributed by atoms with Crippen LogP contribution in [0.1, 0.15) is 37.7 Å². The lowest BCUT2D eigenvalue weighted by atomic mass is 9.86. The van der Waals surface area contributed by atoms with Crippen LogP contribution in [0.5, 0.6) is 5.75 Å². The molecule has 1 N–H and O–H groups in total. The van der Waals surface area contributed by atoms with Crippen molar-refractivity contribution < 1.29 is 5.11 Å². The summed E-state index contributed by atoms with van der Waals surface area (Å²) < 4.78 is 0. The van der Waals surface area contributed by atoms with Crippen molar-refractivity contribution >= 4 is 6.08 Å². The smallest absolute Gasteiger partial charge is 0.115 e. The van der Waals surface area contributed by atoms with Gasteiger partial charge in [0.2, 0.25) is 0 Å². The van der Waals surface area contributed by atoms with Crippen LogP contribution in [-0.2, 0) is 0 Å². The average molecular weight is 243 g/mol. The second kappa shape index (κ2) is 5.15. The van der Waals surface area contributed by atoms with Gasteiger partial charge in [-0.1, -0.05) is 30.2 Å². The molecule has 2 aliphatic rings. The molecule has 2 heteroatoms. The molecule has 0 amide bonds. The minimum Gasteiger partial charge on any atom is -0.508 e. The second-order valence-electron chi connectivity index (χ2n) is 5.46. The van der Waals surface area contributed by atoms with E-state index in [0.29, 0.717) is 11.8 Å². The van der Waals surface area contributed by atoms with Gasteiger partial charge in [-0.05, 0) is 56.5 Å². The summed E-state index contributed by atoms with van der Waals surface area (Å²) in [5.74, 6) is 0.347. The average Bonchev–Trinajstić information content (AvgIpc) is 2.32. The van der Waals surface area contributed by atoms with Crippen LogP contribution >= 0.6 is 0 Å². The van der Waals surface area contributed by atoms with Crippen LogP contribution in [0, 0.1) is 0 Å². The summed E-state index contributed by atoms with van der Waals surface area (Å²) in [5, 5.41) is 9.32. The van der Waals surface area contributed by atoms with Crippen LogP contribution in [0.25, 0.3) is 6.08 Å². The highest BCUT2D eigenvalue weighted by atomic mass is 16.3. The number of benzene rings is 1. The maximum absolute atomic E-state index is 9.32. The molecule has 0 radical (unpaired) electrons. The zero-order valence-electron chi connectivity index (χ0n) is 10.8. The molecule has 0 aromatic heterocycles. The number of aromatic hydroxyl groups is 1. The van der Waals surface area contributed by atoms with Crippen LogP contribution in [0.4, 0.5) is 0 Å². The van der Waals surface area contributed by atoms with E-state index >= 15 is 0 Å². The van der Waals surface area contributed by atoms with Gasteiger partial charge in [0.15, 0.2) is 0 Å². The molecule has 1 aliphatic carbocycles. The lowest BCUT2D eigenvalue weighted by Gasteiger charge is -2.42. The lowest BCUT2D eigenvalue weighted by molar-refractivity contribution is 0.121. The number of phenols is 1. The van der Waals surface area contributed by atoms with Crippen LogP contribution in [0.2, 0.25) is 0 Å². The van der Waals surface area contributed by atoms with E-state index in [1.165, 1.54) is 50.8 Å². The SMILES string of the molecule is Oc1ccc(/C=C2\CCCC[C@@H]2N2CCC2)cc1. The molecule has 1 atom stereocenters. The first-order valence-electron chi connectivity index (χ1n) is 7.06. The Labute approximate surface area is 109 Å². The van der Waals surface area contributed by atoms with E-state index in [2.05, 4.69) is 11.0 Å². The predicted molar refractivity (Wildman–Crippen MR) is 74.5 cm³/mol. The fourth-order valence-electron chi connectivity index (χ4n) is 3.04. The summed E-state index contributed by atoms with van der Waals surface area (Å²) in [6.45, 7) is 2.55. The van der Waals surface area contributed by atoms with Crippen LogP contribution < -0.4 is 0 Å². The van der Waals surface area contributed by atoms with Crippen molar-refractivity contribution in [1.29, 1.82) is 0 Å². The normalized spacial score (nSPS) is 27.1. The summed E-state index contributed by atoms with van der Waals surface area (Å²) in [5.41, 5.74) is 2.81. The third-order valence-electron chi connectivity index (χ3n) is 4.20. The van der Waals surface area contributed by atoms with Gasteiger partial charge in [-0.3, -0.25) is 4.90 Å². The van der Waals surface area contributed by atoms with E-state index in [-0.39, 0.29) is 0 Å². The predicted octanol–water partition coefficient (Wildman–Crippen LogP) is 3.42. The van der Waals surface area contributed by atoms with Crippen molar-refractivity contribution in [1.82, 2.24) is 4.90 Å². The van der Waals surface area contributed by atoms with Gasteiger partial charge < -0.3 is 5.11 Å². The Morgan fingerprint density at radius 2 is 1.83 bits per heavy atom. The third-order valence-corrected chi connectivity index (χ3v) is 4.20. The lowest BCUT2D eigenvalue weighted by Crippen LogP contribution is -2.46. The maximum Gasteiger partial charge on any atom is 0.115 e. The number of rotatable bonds is 2. The maximum atomic E-state index is 9.32. The first-order valence-corrected chi connectivity index (χ1v) is 7.06. The van der Waals surface area contributed by atoms with Crippen LogP contribution in [-0.4, -0.2) is 29.1 Å². The molecule has 1 aromatic carbocycles. The van der Waals surface area contributed by atoms with E-state index in [1.807, 2.05) is 12.1 Å². The Bertz CT molecular complexity index is 431. The van der Waals surface area contributed by atoms with E-state index < -0.39 is 0 Å². The second-order valence-corrected chi connectivity index (χ2v) is 5.46. The molecule has 0 spiro atoms. The van der Waals surface area contributed by atoms with E-state index in [1.54, 1.807) is 17.7 Å². The van der Waals surface area contributed by atoms with Crippen molar-refractivity contribution in [3.8, 4) is 5.75 Å². The zero-order valence-corrected chi connectivity index (χ0v) is 10.8. The summed E-state index contributed by atoms with van der Waals surface area (Å²) >= 11 is 0. The quantitative estimate of drug-likeness (QED) is 0.860. The molecule has 18 heavy (non-hydrogen) atoms. The van der Waals surface area contributed by atoms with Gasteiger partial charge in [0, 0.05) is 6.04 Å². The van der Waals surface area contributed by atoms with Gasteiger partial charge in [0.05, 0.1) is 0 Å². The molecule has 2 nitrogen and oxygen atoms in total. The van der Waals surface area contributed by atoms with E-state index in [9.17, 15) is 5.11 Å². The van der Waals surface area contributed by atoms with E-state index in [0.717, 1.165) is 0 Å². The molecule has 1 saturated carbocycles. The number of phenolic OH excluding ortho intramolecular Hbond substituents is 1. The summed E-state index contributed by atoms with van der Waals surface area (Å²) in [4.78, 5) is 2.62. The first-order chi connectivity index (χ1) is 8.83. The Morgan fingerprint density at radius 3 is 2.50 bits per heavy atom. The topological polar surface area (TPSA) is 23.5 Å². The standard InChI is InChI=1S/C16H21NO/c18-15-8-6-13(7-9-15)12-14-4-1-2-5-16(14)17-10-3-11-17/h6-9,12,16,18H,1-5,10-11H2/b14-12+/t16-/m0/s1. The molecule has 1 saturated heterocycles. The van der Waals surface area contributed by atoms with Crippen molar-refractivity contribution in [3.05, 3.63) is 35.4 Å². The van der Waals surface area contributed by atoms with Gasteiger partial charge in [0.1, 0.15) is 5.75 Å². The van der Waals surface area contributed by atoms with Crippen molar-refractivity contribution in [2.45, 2.75) is 38.1 Å². The Kier molecular flexibility index (Phi) is 3.37. The summed E-state index contributed by atoms with van der Waals surface area (Å²) in [7, 11) is 0. The highest BCUT2D eigenvalue weighted by Crippen LogP contribution is 2.32. The Balaban J connectivity index is 1.80. The Morgan fingerprint density at radius 1 is 1.06 bits per heavy atom. The van der Waals surface area contributed by atoms with Gasteiger partial charge in [0.25, 0.3) is 0 Å². The molecule has 2 fully saturated rings. The largest absolute Gasteiger partial charge is 0.508 e. The molecule has 3 rings (SSSR count). The van der Waals surface area contributed by atoms with Crippen molar-refractivity contribution in [2.75, 3.05) is 13.1 Å². The molecule has 1 heterocycles. The minimum atomic E-state index is 0.347.